The lowest BCUT2D eigenvalue weighted by Gasteiger charge is -2.39. The SMILES string of the molecule is CC(C)(C)P(=S)(Cl)C(C)(C)C. The molecule has 0 radical (unpaired) electrons. The van der Waals surface area contributed by atoms with Crippen molar-refractivity contribution in [2.45, 2.75) is 51.9 Å². The van der Waals surface area contributed by atoms with E-state index in [4.69, 9.17) is 23.0 Å². The summed E-state index contributed by atoms with van der Waals surface area (Å²) in [7, 11) is 0. The van der Waals surface area contributed by atoms with Crippen molar-refractivity contribution in [3.8, 4) is 0 Å². The van der Waals surface area contributed by atoms with Crippen LogP contribution in [0.15, 0.2) is 0 Å². The molecule has 0 fully saturated rings. The molecule has 68 valence electrons. The monoisotopic (exact) mass is 212 g/mol. The van der Waals surface area contributed by atoms with Crippen molar-refractivity contribution in [1.29, 1.82) is 0 Å². The average Bonchev–Trinajstić information content (AvgIpc) is 1.58. The van der Waals surface area contributed by atoms with Crippen molar-refractivity contribution in [2.75, 3.05) is 0 Å². The summed E-state index contributed by atoms with van der Waals surface area (Å²) in [4.78, 5) is 0. The van der Waals surface area contributed by atoms with E-state index in [-0.39, 0.29) is 10.3 Å². The van der Waals surface area contributed by atoms with Gasteiger partial charge in [-0.2, -0.15) is 0 Å². The van der Waals surface area contributed by atoms with Crippen LogP contribution < -0.4 is 0 Å². The van der Waals surface area contributed by atoms with Gasteiger partial charge in [0.25, 0.3) is 0 Å². The van der Waals surface area contributed by atoms with E-state index in [0.717, 1.165) is 0 Å². The first-order chi connectivity index (χ1) is 4.50. The zero-order valence-electron chi connectivity index (χ0n) is 8.23. The summed E-state index contributed by atoms with van der Waals surface area (Å²) in [5, 5.41) is -1.61. The van der Waals surface area contributed by atoms with Gasteiger partial charge in [0.1, 0.15) is 0 Å². The van der Waals surface area contributed by atoms with Crippen LogP contribution in [0.5, 0.6) is 0 Å². The standard InChI is InChI=1S/C8H18ClPS/c1-7(2,3)10(9,11)8(4,5)6/h1-6H3. The van der Waals surface area contributed by atoms with Crippen molar-refractivity contribution < 1.29 is 0 Å². The Balaban J connectivity index is 4.92. The summed E-state index contributed by atoms with van der Waals surface area (Å²) in [5.41, 5.74) is 0. The Morgan fingerprint density at radius 3 is 1.09 bits per heavy atom. The molecule has 0 aromatic carbocycles. The van der Waals surface area contributed by atoms with Gasteiger partial charge in [-0.05, 0) is 0 Å². The smallest absolute Gasteiger partial charge is 0.0488 e. The van der Waals surface area contributed by atoms with E-state index in [2.05, 4.69) is 41.5 Å². The predicted molar refractivity (Wildman–Crippen MR) is 59.6 cm³/mol. The Bertz CT molecular complexity index is 167. The molecule has 0 amide bonds. The maximum Gasteiger partial charge on any atom is 0.0488 e. The van der Waals surface area contributed by atoms with Crippen LogP contribution in [-0.2, 0) is 11.8 Å². The lowest BCUT2D eigenvalue weighted by Crippen LogP contribution is -2.24. The Morgan fingerprint density at radius 2 is 1.09 bits per heavy atom. The van der Waals surface area contributed by atoms with Crippen LogP contribution in [0, 0.1) is 0 Å². The largest absolute Gasteiger partial charge is 0.0845 e. The van der Waals surface area contributed by atoms with Crippen molar-refractivity contribution >= 4 is 28.4 Å². The second kappa shape index (κ2) is 3.01. The summed E-state index contributed by atoms with van der Waals surface area (Å²) in [5.74, 6) is 0. The van der Waals surface area contributed by atoms with Gasteiger partial charge in [-0.15, -0.1) is 0 Å². The molecule has 0 atom stereocenters. The predicted octanol–water partition coefficient (Wildman–Crippen LogP) is 4.22. The molecule has 0 spiro atoms. The Hall–Kier alpha value is 0.940. The van der Waals surface area contributed by atoms with E-state index >= 15 is 0 Å². The van der Waals surface area contributed by atoms with Gasteiger partial charge >= 0.3 is 0 Å². The van der Waals surface area contributed by atoms with Gasteiger partial charge in [-0.25, -0.2) is 0 Å². The van der Waals surface area contributed by atoms with Crippen molar-refractivity contribution in [3.05, 3.63) is 0 Å². The van der Waals surface area contributed by atoms with Gasteiger partial charge < -0.3 is 0 Å². The summed E-state index contributed by atoms with van der Waals surface area (Å²) < 4.78 is 0. The summed E-state index contributed by atoms with van der Waals surface area (Å²) in [6.07, 6.45) is 0. The first-order valence-corrected chi connectivity index (χ1v) is 7.51. The second-order valence-corrected chi connectivity index (χ2v) is 12.4. The average molecular weight is 213 g/mol. The molecule has 0 N–H and O–H groups in total. The number of halogens is 1. The molecule has 0 aromatic rings. The fraction of sp³-hybridized carbons (Fsp3) is 1.00. The van der Waals surface area contributed by atoms with Gasteiger partial charge in [0.2, 0.25) is 0 Å². The maximum absolute atomic E-state index is 6.41. The molecule has 0 aliphatic heterocycles. The minimum absolute atomic E-state index is 0.0716. The van der Waals surface area contributed by atoms with Gasteiger partial charge in [0.15, 0.2) is 0 Å². The molecule has 0 rings (SSSR count). The highest BCUT2D eigenvalue weighted by Gasteiger charge is 2.39. The highest BCUT2D eigenvalue weighted by molar-refractivity contribution is 8.28. The van der Waals surface area contributed by atoms with Crippen LogP contribution in [0.3, 0.4) is 0 Å². The molecule has 0 nitrogen and oxygen atoms in total. The second-order valence-electron chi connectivity index (χ2n) is 4.87. The highest BCUT2D eigenvalue weighted by Crippen LogP contribution is 2.70. The fourth-order valence-electron chi connectivity index (χ4n) is 1.01. The molecule has 0 saturated heterocycles. The maximum atomic E-state index is 6.41. The third-order valence-electron chi connectivity index (χ3n) is 1.73. The van der Waals surface area contributed by atoms with Gasteiger partial charge in [0, 0.05) is 15.7 Å². The molecule has 0 unspecified atom stereocenters. The lowest BCUT2D eigenvalue weighted by atomic mass is 10.2. The van der Waals surface area contributed by atoms with Gasteiger partial charge in [-0.1, -0.05) is 64.6 Å². The van der Waals surface area contributed by atoms with Crippen LogP contribution in [0.4, 0.5) is 0 Å². The Morgan fingerprint density at radius 1 is 0.909 bits per heavy atom. The van der Waals surface area contributed by atoms with E-state index in [1.165, 1.54) is 0 Å². The first kappa shape index (κ1) is 11.9. The van der Waals surface area contributed by atoms with Crippen LogP contribution in [0.25, 0.3) is 0 Å². The van der Waals surface area contributed by atoms with E-state index in [1.54, 1.807) is 0 Å². The Kier molecular flexibility index (Phi) is 3.27. The molecular weight excluding hydrogens is 195 g/mol. The lowest BCUT2D eigenvalue weighted by molar-refractivity contribution is 0.717. The summed E-state index contributed by atoms with van der Waals surface area (Å²) in [6, 6.07) is 0. The van der Waals surface area contributed by atoms with Crippen LogP contribution in [0.1, 0.15) is 41.5 Å². The normalized spacial score (nSPS) is 15.2. The van der Waals surface area contributed by atoms with Crippen molar-refractivity contribution in [2.24, 2.45) is 0 Å². The van der Waals surface area contributed by atoms with Crippen molar-refractivity contribution in [1.82, 2.24) is 0 Å². The number of hydrogen-bond acceptors (Lipinski definition) is 1. The summed E-state index contributed by atoms with van der Waals surface area (Å²) >= 11 is 11.9. The van der Waals surface area contributed by atoms with Crippen LogP contribution in [0.2, 0.25) is 0 Å². The molecule has 3 heteroatoms. The van der Waals surface area contributed by atoms with E-state index in [9.17, 15) is 0 Å². The molecule has 0 aliphatic rings. The number of hydrogen-bond donors (Lipinski definition) is 0. The fourth-order valence-corrected chi connectivity index (χ4v) is 3.02. The van der Waals surface area contributed by atoms with E-state index < -0.39 is 5.39 Å². The molecule has 11 heavy (non-hydrogen) atoms. The molecule has 0 saturated carbocycles. The van der Waals surface area contributed by atoms with Crippen LogP contribution in [-0.4, -0.2) is 10.3 Å². The topological polar surface area (TPSA) is 0 Å². The first-order valence-electron chi connectivity index (χ1n) is 3.80. The zero-order chi connectivity index (χ0) is 9.50. The quantitative estimate of drug-likeness (QED) is 0.542. The minimum atomic E-state index is -1.75. The van der Waals surface area contributed by atoms with Gasteiger partial charge in [0.05, 0.1) is 0 Å². The molecule has 0 aliphatic carbocycles. The van der Waals surface area contributed by atoms with Crippen molar-refractivity contribution in [3.63, 3.8) is 0 Å². The highest BCUT2D eigenvalue weighted by atomic mass is 35.7. The van der Waals surface area contributed by atoms with E-state index in [1.807, 2.05) is 0 Å². The zero-order valence-corrected chi connectivity index (χ0v) is 10.7. The summed E-state index contributed by atoms with van der Waals surface area (Å²) in [6.45, 7) is 12.8. The third-order valence-corrected chi connectivity index (χ3v) is 11.5. The third kappa shape index (κ3) is 2.44. The Labute approximate surface area is 80.5 Å². The van der Waals surface area contributed by atoms with Crippen LogP contribution >= 0.6 is 16.6 Å². The molecular formula is C8H18ClPS. The molecule has 0 bridgehead atoms. The molecule has 0 aromatic heterocycles. The number of rotatable bonds is 0. The molecule has 0 heterocycles. The minimum Gasteiger partial charge on any atom is -0.0845 e. The van der Waals surface area contributed by atoms with Gasteiger partial charge in [-0.3, -0.25) is 0 Å². The van der Waals surface area contributed by atoms with E-state index in [0.29, 0.717) is 0 Å².